The van der Waals surface area contributed by atoms with Crippen molar-refractivity contribution >= 4 is 12.6 Å². The first kappa shape index (κ1) is 6.05. The lowest BCUT2D eigenvalue weighted by Gasteiger charge is -2.15. The van der Waals surface area contributed by atoms with Gasteiger partial charge in [0.05, 0.1) is 0 Å². The van der Waals surface area contributed by atoms with Gasteiger partial charge in [-0.25, -0.2) is 0 Å². The third-order valence-corrected chi connectivity index (χ3v) is 3.17. The fraction of sp³-hybridized carbons (Fsp3) is 1.00. The zero-order chi connectivity index (χ0) is 6.27. The second kappa shape index (κ2) is 2.17. The highest BCUT2D eigenvalue weighted by Crippen LogP contribution is 2.30. The molecule has 0 saturated carbocycles. The molecule has 0 aromatic carbocycles. The minimum Gasteiger partial charge on any atom is -0.299 e. The number of nitrogens with zero attached hydrogens (tertiary/aromatic N) is 1. The zero-order valence-corrected chi connectivity index (χ0v) is 6.48. The first-order valence-corrected chi connectivity index (χ1v) is 4.32. The molecule has 0 aliphatic carbocycles. The third kappa shape index (κ3) is 0.887. The molecule has 52 valence electrons. The number of hydrogen-bond donors (Lipinski definition) is 1. The van der Waals surface area contributed by atoms with E-state index in [4.69, 9.17) is 0 Å². The Hall–Kier alpha value is 0.310. The number of hydrogen-bond acceptors (Lipinski definition) is 2. The van der Waals surface area contributed by atoms with Gasteiger partial charge in [-0.05, 0) is 32.4 Å². The lowest BCUT2D eigenvalue weighted by atomic mass is 10.1. The van der Waals surface area contributed by atoms with Crippen molar-refractivity contribution < 1.29 is 0 Å². The topological polar surface area (TPSA) is 3.24 Å². The fourth-order valence-electron chi connectivity index (χ4n) is 2.06. The van der Waals surface area contributed by atoms with Crippen LogP contribution in [0.15, 0.2) is 0 Å². The number of fused-ring (bicyclic) bond motifs is 1. The molecule has 0 aromatic heterocycles. The van der Waals surface area contributed by atoms with Crippen molar-refractivity contribution in [2.24, 2.45) is 0 Å². The maximum atomic E-state index is 4.53. The second-order valence-corrected chi connectivity index (χ2v) is 3.76. The van der Waals surface area contributed by atoms with Crippen LogP contribution >= 0.6 is 12.6 Å². The molecule has 2 rings (SSSR count). The summed E-state index contributed by atoms with van der Waals surface area (Å²) in [4.78, 5) is 2.58. The minimum absolute atomic E-state index is 0.688. The molecule has 2 unspecified atom stereocenters. The molecule has 0 N–H and O–H groups in total. The van der Waals surface area contributed by atoms with Crippen molar-refractivity contribution in [1.29, 1.82) is 0 Å². The van der Waals surface area contributed by atoms with Crippen LogP contribution in [0.2, 0.25) is 0 Å². The molecular weight excluding hydrogens is 130 g/mol. The number of rotatable bonds is 0. The van der Waals surface area contributed by atoms with E-state index in [0.29, 0.717) is 5.25 Å². The van der Waals surface area contributed by atoms with E-state index >= 15 is 0 Å². The summed E-state index contributed by atoms with van der Waals surface area (Å²) in [6, 6.07) is 0.841. The van der Waals surface area contributed by atoms with Crippen molar-refractivity contribution in [2.45, 2.75) is 30.6 Å². The van der Waals surface area contributed by atoms with E-state index in [1.807, 2.05) is 0 Å². The van der Waals surface area contributed by atoms with Gasteiger partial charge in [0.15, 0.2) is 0 Å². The molecule has 0 amide bonds. The van der Waals surface area contributed by atoms with Gasteiger partial charge < -0.3 is 0 Å². The smallest absolute Gasteiger partial charge is 0.0213 e. The van der Waals surface area contributed by atoms with Gasteiger partial charge in [-0.1, -0.05) is 0 Å². The summed E-state index contributed by atoms with van der Waals surface area (Å²) in [6.45, 7) is 2.64. The van der Waals surface area contributed by atoms with Crippen molar-refractivity contribution in [3.05, 3.63) is 0 Å². The molecule has 1 nitrogen and oxygen atoms in total. The van der Waals surface area contributed by atoms with Crippen LogP contribution in [0, 0.1) is 0 Å². The van der Waals surface area contributed by atoms with E-state index in [2.05, 4.69) is 17.5 Å². The van der Waals surface area contributed by atoms with Crippen LogP contribution in [0.5, 0.6) is 0 Å². The molecule has 2 aliphatic rings. The second-order valence-electron chi connectivity index (χ2n) is 3.10. The lowest BCUT2D eigenvalue weighted by Crippen LogP contribution is -2.26. The van der Waals surface area contributed by atoms with Gasteiger partial charge in [0.2, 0.25) is 0 Å². The maximum Gasteiger partial charge on any atom is 0.0213 e. The summed E-state index contributed by atoms with van der Waals surface area (Å²) in [5.41, 5.74) is 0. The van der Waals surface area contributed by atoms with Crippen LogP contribution in [0.25, 0.3) is 0 Å². The Morgan fingerprint density at radius 1 is 1.22 bits per heavy atom. The Labute approximate surface area is 61.8 Å². The van der Waals surface area contributed by atoms with Gasteiger partial charge >= 0.3 is 0 Å². The first-order chi connectivity index (χ1) is 4.38. The first-order valence-electron chi connectivity index (χ1n) is 3.80. The van der Waals surface area contributed by atoms with Gasteiger partial charge in [0.25, 0.3) is 0 Å². The van der Waals surface area contributed by atoms with Crippen molar-refractivity contribution in [3.63, 3.8) is 0 Å². The molecule has 9 heavy (non-hydrogen) atoms. The van der Waals surface area contributed by atoms with Crippen molar-refractivity contribution in [2.75, 3.05) is 13.1 Å². The van der Waals surface area contributed by atoms with Gasteiger partial charge in [0.1, 0.15) is 0 Å². The van der Waals surface area contributed by atoms with Gasteiger partial charge in [-0.3, -0.25) is 4.90 Å². The van der Waals surface area contributed by atoms with Crippen molar-refractivity contribution in [1.82, 2.24) is 4.90 Å². The van der Waals surface area contributed by atoms with Crippen LogP contribution < -0.4 is 0 Å². The average Bonchev–Trinajstić information content (AvgIpc) is 2.35. The molecule has 2 saturated heterocycles. The molecule has 0 radical (unpaired) electrons. The minimum atomic E-state index is 0.688. The molecule has 2 heterocycles. The molecule has 2 aliphatic heterocycles. The van der Waals surface area contributed by atoms with E-state index in [-0.39, 0.29) is 0 Å². The average molecular weight is 143 g/mol. The Kier molecular flexibility index (Phi) is 1.46. The fourth-order valence-corrected chi connectivity index (χ4v) is 2.51. The maximum absolute atomic E-state index is 4.53. The largest absolute Gasteiger partial charge is 0.299 e. The summed E-state index contributed by atoms with van der Waals surface area (Å²) in [7, 11) is 0. The predicted octanol–water partition coefficient (Wildman–Crippen LogP) is 1.15. The highest BCUT2D eigenvalue weighted by atomic mass is 32.1. The molecule has 2 fully saturated rings. The van der Waals surface area contributed by atoms with Crippen LogP contribution in [0.4, 0.5) is 0 Å². The van der Waals surface area contributed by atoms with Gasteiger partial charge in [0, 0.05) is 11.3 Å². The molecule has 2 atom stereocenters. The standard InChI is InChI=1S/C7H13NS/c9-7-3-5-8-4-1-2-6(7)8/h6-7,9H,1-5H2. The Balaban J connectivity index is 2.07. The van der Waals surface area contributed by atoms with Crippen molar-refractivity contribution in [3.8, 4) is 0 Å². The van der Waals surface area contributed by atoms with E-state index in [0.717, 1.165) is 6.04 Å². The normalized spacial score (nSPS) is 43.7. The van der Waals surface area contributed by atoms with Crippen LogP contribution in [0.1, 0.15) is 19.3 Å². The molecule has 2 heteroatoms. The monoisotopic (exact) mass is 143 g/mol. The summed E-state index contributed by atoms with van der Waals surface area (Å²) in [5.74, 6) is 0. The SMILES string of the molecule is SC1CCN2CCCC12. The van der Waals surface area contributed by atoms with Crippen LogP contribution in [-0.2, 0) is 0 Å². The van der Waals surface area contributed by atoms with Gasteiger partial charge in [-0.2, -0.15) is 12.6 Å². The van der Waals surface area contributed by atoms with E-state index in [9.17, 15) is 0 Å². The summed E-state index contributed by atoms with van der Waals surface area (Å²) < 4.78 is 0. The summed E-state index contributed by atoms with van der Waals surface area (Å²) >= 11 is 4.53. The lowest BCUT2D eigenvalue weighted by molar-refractivity contribution is 0.327. The highest BCUT2D eigenvalue weighted by molar-refractivity contribution is 7.81. The molecule has 0 bridgehead atoms. The summed E-state index contributed by atoms with van der Waals surface area (Å²) in [5, 5.41) is 0.688. The Morgan fingerprint density at radius 2 is 2.11 bits per heavy atom. The van der Waals surface area contributed by atoms with E-state index < -0.39 is 0 Å². The molecule has 0 spiro atoms. The van der Waals surface area contributed by atoms with E-state index in [1.54, 1.807) is 0 Å². The Bertz CT molecular complexity index is 115. The van der Waals surface area contributed by atoms with Gasteiger partial charge in [-0.15, -0.1) is 0 Å². The molecule has 0 aromatic rings. The highest BCUT2D eigenvalue weighted by Gasteiger charge is 2.34. The number of thiol groups is 1. The van der Waals surface area contributed by atoms with Crippen LogP contribution in [0.3, 0.4) is 0 Å². The third-order valence-electron chi connectivity index (χ3n) is 2.57. The van der Waals surface area contributed by atoms with Crippen LogP contribution in [-0.4, -0.2) is 29.3 Å². The predicted molar refractivity (Wildman–Crippen MR) is 42.0 cm³/mol. The quantitative estimate of drug-likeness (QED) is 0.498. The summed E-state index contributed by atoms with van der Waals surface area (Å²) in [6.07, 6.45) is 4.11. The molecular formula is C7H13NS. The zero-order valence-electron chi connectivity index (χ0n) is 5.58. The van der Waals surface area contributed by atoms with E-state index in [1.165, 1.54) is 32.4 Å². The Morgan fingerprint density at radius 3 is 2.89 bits per heavy atom.